The molecule has 0 unspecified atom stereocenters. The van der Waals surface area contributed by atoms with Crippen LogP contribution in [0.2, 0.25) is 0 Å². The maximum Gasteiger partial charge on any atom is 0.0540 e. The number of rotatable bonds is 4. The van der Waals surface area contributed by atoms with E-state index in [9.17, 15) is 0 Å². The molecule has 2 aliphatic rings. The molecule has 8 aromatic rings. The van der Waals surface area contributed by atoms with E-state index < -0.39 is 0 Å². The minimum Gasteiger partial charge on any atom is -0.310 e. The second kappa shape index (κ2) is 11.8. The Morgan fingerprint density at radius 2 is 1.02 bits per heavy atom. The van der Waals surface area contributed by atoms with Crippen molar-refractivity contribution in [3.63, 3.8) is 0 Å². The topological polar surface area (TPSA) is 3.24 Å². The molecule has 270 valence electrons. The van der Waals surface area contributed by atoms with E-state index in [-0.39, 0.29) is 16.2 Å². The van der Waals surface area contributed by atoms with Gasteiger partial charge in [0.1, 0.15) is 0 Å². The van der Waals surface area contributed by atoms with Crippen molar-refractivity contribution in [3.8, 4) is 33.4 Å². The molecule has 0 radical (unpaired) electrons. The molecular weight excluding hydrogens is 683 g/mol. The fraction of sp³-hybridized carbons (Fsp3) is 0.208. The van der Waals surface area contributed by atoms with Crippen LogP contribution in [0.15, 0.2) is 140 Å². The normalized spacial score (nSPS) is 14.8. The largest absolute Gasteiger partial charge is 0.310 e. The lowest BCUT2D eigenvalue weighted by molar-refractivity contribution is 0.589. The summed E-state index contributed by atoms with van der Waals surface area (Å²) >= 11 is 1.92. The Kier molecular flexibility index (Phi) is 7.30. The molecule has 0 amide bonds. The van der Waals surface area contributed by atoms with Gasteiger partial charge in [-0.05, 0) is 98.3 Å². The number of anilines is 3. The van der Waals surface area contributed by atoms with Gasteiger partial charge in [0.25, 0.3) is 0 Å². The molecule has 0 bridgehead atoms. The molecule has 1 heterocycles. The van der Waals surface area contributed by atoms with Gasteiger partial charge in [0.05, 0.1) is 5.69 Å². The third-order valence-corrected chi connectivity index (χ3v) is 14.1. The molecule has 10 rings (SSSR count). The SMILES string of the molecule is Cc1cccc2c1sc1c(-c3ccccc3N(c3ccc4c(c3)C(C)(C)c3ccccc3-4)c3ccc4c(c3)C(C)(C)c3cccc(C(C)(C)C)c3-4)cccc12. The summed E-state index contributed by atoms with van der Waals surface area (Å²) in [7, 11) is 0. The number of hydrogen-bond acceptors (Lipinski definition) is 2. The van der Waals surface area contributed by atoms with Crippen molar-refractivity contribution in [2.24, 2.45) is 0 Å². The van der Waals surface area contributed by atoms with Gasteiger partial charge in [-0.1, -0.05) is 158 Å². The number of fused-ring (bicyclic) bond motifs is 9. The molecule has 0 atom stereocenters. The van der Waals surface area contributed by atoms with E-state index in [1.54, 1.807) is 0 Å². The standard InChI is InChI=1S/C53H47NS/c1-32-16-13-19-39-40-21-14-20-38(50(40)55-49(32)39)37-18-10-12-25-47(37)54(33-26-28-36-35-17-9-11-22-42(35)52(5,6)45(36)30-33)34-27-29-41-46(31-34)53(7,8)44-24-15-23-43(48(41)44)51(2,3)4/h9-31H,1-8H3. The van der Waals surface area contributed by atoms with Crippen LogP contribution in [-0.4, -0.2) is 0 Å². The summed E-state index contributed by atoms with van der Waals surface area (Å²) < 4.78 is 2.71. The molecular formula is C53H47NS. The molecule has 0 saturated heterocycles. The minimum absolute atomic E-state index is 0.0353. The first-order chi connectivity index (χ1) is 26.4. The highest BCUT2D eigenvalue weighted by atomic mass is 32.1. The summed E-state index contributed by atoms with van der Waals surface area (Å²) in [6.07, 6.45) is 0. The van der Waals surface area contributed by atoms with Gasteiger partial charge in [0, 0.05) is 53.5 Å². The minimum atomic E-state index is -0.144. The fourth-order valence-electron chi connectivity index (χ4n) is 9.87. The van der Waals surface area contributed by atoms with E-state index >= 15 is 0 Å². The molecule has 55 heavy (non-hydrogen) atoms. The van der Waals surface area contributed by atoms with Crippen LogP contribution in [0.5, 0.6) is 0 Å². The lowest BCUT2D eigenvalue weighted by atomic mass is 9.79. The third kappa shape index (κ3) is 4.90. The average Bonchev–Trinajstić information content (AvgIpc) is 3.76. The van der Waals surface area contributed by atoms with Crippen molar-refractivity contribution in [1.29, 1.82) is 0 Å². The van der Waals surface area contributed by atoms with Crippen molar-refractivity contribution in [2.45, 2.75) is 71.6 Å². The third-order valence-electron chi connectivity index (χ3n) is 12.7. The zero-order valence-electron chi connectivity index (χ0n) is 33.1. The zero-order chi connectivity index (χ0) is 38.0. The number of benzene rings is 7. The molecule has 0 spiro atoms. The Balaban J connectivity index is 1.23. The fourth-order valence-corrected chi connectivity index (χ4v) is 11.2. The van der Waals surface area contributed by atoms with Crippen LogP contribution in [0.1, 0.15) is 81.8 Å². The Morgan fingerprint density at radius 3 is 1.76 bits per heavy atom. The molecule has 1 nitrogen and oxygen atoms in total. The predicted octanol–water partition coefficient (Wildman–Crippen LogP) is 15.4. The average molecular weight is 730 g/mol. The summed E-state index contributed by atoms with van der Waals surface area (Å²) in [5.41, 5.74) is 19.6. The lowest BCUT2D eigenvalue weighted by Crippen LogP contribution is -2.18. The Morgan fingerprint density at radius 1 is 0.473 bits per heavy atom. The highest BCUT2D eigenvalue weighted by Crippen LogP contribution is 2.55. The molecule has 1 aromatic heterocycles. The summed E-state index contributed by atoms with van der Waals surface area (Å²) in [6.45, 7) is 18.8. The first-order valence-corrected chi connectivity index (χ1v) is 20.5. The molecule has 7 aromatic carbocycles. The number of nitrogens with zero attached hydrogens (tertiary/aromatic N) is 1. The van der Waals surface area contributed by atoms with Crippen LogP contribution < -0.4 is 4.90 Å². The predicted molar refractivity (Wildman–Crippen MR) is 238 cm³/mol. The van der Waals surface area contributed by atoms with E-state index in [2.05, 4.69) is 200 Å². The number of hydrogen-bond donors (Lipinski definition) is 0. The molecule has 0 aliphatic heterocycles. The first kappa shape index (κ1) is 34.1. The van der Waals surface area contributed by atoms with Gasteiger partial charge in [0.15, 0.2) is 0 Å². The maximum atomic E-state index is 2.54. The van der Waals surface area contributed by atoms with E-state index in [1.807, 2.05) is 11.3 Å². The van der Waals surface area contributed by atoms with Crippen LogP contribution in [0, 0.1) is 6.92 Å². The Hall–Kier alpha value is -5.44. The Labute approximate surface area is 329 Å². The molecule has 2 aliphatic carbocycles. The van der Waals surface area contributed by atoms with Crippen LogP contribution in [0.3, 0.4) is 0 Å². The molecule has 2 heteroatoms. The molecule has 0 fully saturated rings. The summed E-state index contributed by atoms with van der Waals surface area (Å²) in [4.78, 5) is 2.54. The van der Waals surface area contributed by atoms with Crippen molar-refractivity contribution in [1.82, 2.24) is 0 Å². The van der Waals surface area contributed by atoms with Gasteiger partial charge in [-0.3, -0.25) is 0 Å². The summed E-state index contributed by atoms with van der Waals surface area (Å²) in [6, 6.07) is 53.0. The first-order valence-electron chi connectivity index (χ1n) is 19.7. The molecule has 0 N–H and O–H groups in total. The van der Waals surface area contributed by atoms with Crippen LogP contribution in [0.25, 0.3) is 53.6 Å². The van der Waals surface area contributed by atoms with E-state index in [1.165, 1.54) is 104 Å². The van der Waals surface area contributed by atoms with Crippen LogP contribution >= 0.6 is 11.3 Å². The number of thiophene rings is 1. The second-order valence-corrected chi connectivity index (χ2v) is 18.8. The number of para-hydroxylation sites is 1. The second-order valence-electron chi connectivity index (χ2n) is 17.8. The van der Waals surface area contributed by atoms with Crippen molar-refractivity contribution < 1.29 is 0 Å². The quantitative estimate of drug-likeness (QED) is 0.174. The van der Waals surface area contributed by atoms with Gasteiger partial charge in [-0.25, -0.2) is 0 Å². The van der Waals surface area contributed by atoms with E-state index in [4.69, 9.17) is 0 Å². The van der Waals surface area contributed by atoms with Crippen LogP contribution in [-0.2, 0) is 16.2 Å². The highest BCUT2D eigenvalue weighted by molar-refractivity contribution is 7.26. The lowest BCUT2D eigenvalue weighted by Gasteiger charge is -2.31. The van der Waals surface area contributed by atoms with Gasteiger partial charge >= 0.3 is 0 Å². The highest BCUT2D eigenvalue weighted by Gasteiger charge is 2.40. The zero-order valence-corrected chi connectivity index (χ0v) is 34.0. The number of aryl methyl sites for hydroxylation is 1. The molecule has 0 saturated carbocycles. The van der Waals surface area contributed by atoms with Crippen molar-refractivity contribution in [3.05, 3.63) is 173 Å². The monoisotopic (exact) mass is 729 g/mol. The van der Waals surface area contributed by atoms with E-state index in [0.717, 1.165) is 0 Å². The summed E-state index contributed by atoms with van der Waals surface area (Å²) in [5, 5.41) is 2.66. The van der Waals surface area contributed by atoms with E-state index in [0.29, 0.717) is 0 Å². The van der Waals surface area contributed by atoms with Crippen molar-refractivity contribution in [2.75, 3.05) is 4.90 Å². The maximum absolute atomic E-state index is 2.54. The van der Waals surface area contributed by atoms with Gasteiger partial charge in [-0.15, -0.1) is 11.3 Å². The van der Waals surface area contributed by atoms with Gasteiger partial charge in [-0.2, -0.15) is 0 Å². The summed E-state index contributed by atoms with van der Waals surface area (Å²) in [5.74, 6) is 0. The van der Waals surface area contributed by atoms with Crippen molar-refractivity contribution >= 4 is 48.6 Å². The van der Waals surface area contributed by atoms with Gasteiger partial charge < -0.3 is 4.90 Å². The van der Waals surface area contributed by atoms with Gasteiger partial charge in [0.2, 0.25) is 0 Å². The smallest absolute Gasteiger partial charge is 0.0540 e. The Bertz CT molecular complexity index is 2870. The van der Waals surface area contributed by atoms with Crippen LogP contribution in [0.4, 0.5) is 17.1 Å².